The summed E-state index contributed by atoms with van der Waals surface area (Å²) < 4.78 is 5.74. The molecule has 2 rings (SSSR count). The number of anilines is 1. The SMILES string of the molecule is CCCCCOc1ccc(Cl)cc1NC(=O)c1cccs1. The molecule has 0 spiro atoms. The third-order valence-electron chi connectivity index (χ3n) is 2.94. The maximum absolute atomic E-state index is 12.1. The molecule has 0 bridgehead atoms. The van der Waals surface area contributed by atoms with Gasteiger partial charge in [0.05, 0.1) is 17.2 Å². The minimum absolute atomic E-state index is 0.148. The fourth-order valence-electron chi connectivity index (χ4n) is 1.85. The van der Waals surface area contributed by atoms with Gasteiger partial charge in [0.1, 0.15) is 5.75 Å². The second-order valence-electron chi connectivity index (χ2n) is 4.63. The normalized spacial score (nSPS) is 10.4. The summed E-state index contributed by atoms with van der Waals surface area (Å²) in [5, 5.41) is 5.29. The molecule has 3 nitrogen and oxygen atoms in total. The van der Waals surface area contributed by atoms with Crippen molar-refractivity contribution in [3.05, 3.63) is 45.6 Å². The van der Waals surface area contributed by atoms with Crippen molar-refractivity contribution >= 4 is 34.5 Å². The Balaban J connectivity index is 2.06. The van der Waals surface area contributed by atoms with Crippen LogP contribution in [0.3, 0.4) is 0 Å². The topological polar surface area (TPSA) is 38.3 Å². The van der Waals surface area contributed by atoms with E-state index in [1.54, 1.807) is 24.3 Å². The number of unbranched alkanes of at least 4 members (excludes halogenated alkanes) is 2. The molecule has 112 valence electrons. The van der Waals surface area contributed by atoms with Crippen LogP contribution in [0.2, 0.25) is 5.02 Å². The Kier molecular flexibility index (Phi) is 6.08. The molecule has 1 amide bonds. The minimum atomic E-state index is -0.148. The highest BCUT2D eigenvalue weighted by Crippen LogP contribution is 2.29. The lowest BCUT2D eigenvalue weighted by atomic mass is 10.2. The third kappa shape index (κ3) is 4.76. The quantitative estimate of drug-likeness (QED) is 0.709. The number of hydrogen-bond acceptors (Lipinski definition) is 3. The van der Waals surface area contributed by atoms with Gasteiger partial charge < -0.3 is 10.1 Å². The van der Waals surface area contributed by atoms with Crippen molar-refractivity contribution in [2.24, 2.45) is 0 Å². The Morgan fingerprint density at radius 3 is 2.90 bits per heavy atom. The number of amides is 1. The van der Waals surface area contributed by atoms with Gasteiger partial charge in [-0.2, -0.15) is 0 Å². The molecule has 0 saturated heterocycles. The van der Waals surface area contributed by atoms with Crippen molar-refractivity contribution < 1.29 is 9.53 Å². The number of halogens is 1. The van der Waals surface area contributed by atoms with Gasteiger partial charge in [0.2, 0.25) is 0 Å². The number of ether oxygens (including phenoxy) is 1. The van der Waals surface area contributed by atoms with Gasteiger partial charge >= 0.3 is 0 Å². The largest absolute Gasteiger partial charge is 0.491 e. The molecule has 2 aromatic rings. The van der Waals surface area contributed by atoms with Crippen molar-refractivity contribution in [3.63, 3.8) is 0 Å². The molecule has 0 aliphatic carbocycles. The molecule has 0 atom stereocenters. The van der Waals surface area contributed by atoms with Crippen molar-refractivity contribution in [3.8, 4) is 5.75 Å². The van der Waals surface area contributed by atoms with Crippen LogP contribution in [0.1, 0.15) is 35.9 Å². The van der Waals surface area contributed by atoms with E-state index in [0.29, 0.717) is 27.9 Å². The van der Waals surface area contributed by atoms with E-state index in [4.69, 9.17) is 16.3 Å². The molecule has 21 heavy (non-hydrogen) atoms. The third-order valence-corrected chi connectivity index (χ3v) is 4.04. The Morgan fingerprint density at radius 1 is 1.33 bits per heavy atom. The molecular weight excluding hydrogens is 306 g/mol. The number of carbonyl (C=O) groups is 1. The summed E-state index contributed by atoms with van der Waals surface area (Å²) in [6.07, 6.45) is 3.27. The van der Waals surface area contributed by atoms with Crippen LogP contribution in [0, 0.1) is 0 Å². The molecule has 1 heterocycles. The zero-order valence-electron chi connectivity index (χ0n) is 11.9. The highest BCUT2D eigenvalue weighted by molar-refractivity contribution is 7.12. The summed E-state index contributed by atoms with van der Waals surface area (Å²) in [5.41, 5.74) is 0.609. The number of benzene rings is 1. The molecule has 0 radical (unpaired) electrons. The molecule has 5 heteroatoms. The fourth-order valence-corrected chi connectivity index (χ4v) is 2.64. The van der Waals surface area contributed by atoms with Crippen LogP contribution >= 0.6 is 22.9 Å². The minimum Gasteiger partial charge on any atom is -0.491 e. The lowest BCUT2D eigenvalue weighted by molar-refractivity contribution is 0.103. The maximum Gasteiger partial charge on any atom is 0.265 e. The Bertz CT molecular complexity index is 584. The summed E-state index contributed by atoms with van der Waals surface area (Å²) in [5.74, 6) is 0.506. The van der Waals surface area contributed by atoms with Crippen molar-refractivity contribution in [1.82, 2.24) is 0 Å². The van der Waals surface area contributed by atoms with E-state index >= 15 is 0 Å². The number of carbonyl (C=O) groups excluding carboxylic acids is 1. The first-order valence-corrected chi connectivity index (χ1v) is 8.23. The van der Waals surface area contributed by atoms with Gasteiger partial charge in [-0.25, -0.2) is 0 Å². The van der Waals surface area contributed by atoms with Gasteiger partial charge in [-0.05, 0) is 36.1 Å². The van der Waals surface area contributed by atoms with Crippen LogP contribution < -0.4 is 10.1 Å². The predicted molar refractivity (Wildman–Crippen MR) is 88.7 cm³/mol. The molecule has 1 aromatic carbocycles. The van der Waals surface area contributed by atoms with Crippen molar-refractivity contribution in [2.75, 3.05) is 11.9 Å². The predicted octanol–water partition coefficient (Wildman–Crippen LogP) is 5.22. The van der Waals surface area contributed by atoms with Crippen LogP contribution in [-0.2, 0) is 0 Å². The summed E-state index contributed by atoms with van der Waals surface area (Å²) >= 11 is 7.40. The van der Waals surface area contributed by atoms with Crippen LogP contribution in [0.25, 0.3) is 0 Å². The Labute approximate surface area is 133 Å². The summed E-state index contributed by atoms with van der Waals surface area (Å²) in [4.78, 5) is 12.8. The van der Waals surface area contributed by atoms with E-state index in [-0.39, 0.29) is 5.91 Å². The molecule has 0 fully saturated rings. The first-order chi connectivity index (χ1) is 10.2. The van der Waals surface area contributed by atoms with E-state index in [9.17, 15) is 4.79 Å². The van der Waals surface area contributed by atoms with Crippen molar-refractivity contribution in [1.29, 1.82) is 0 Å². The van der Waals surface area contributed by atoms with E-state index in [1.807, 2.05) is 11.4 Å². The molecular formula is C16H18ClNO2S. The molecule has 1 N–H and O–H groups in total. The summed E-state index contributed by atoms with van der Waals surface area (Å²) in [7, 11) is 0. The zero-order chi connectivity index (χ0) is 15.1. The van der Waals surface area contributed by atoms with Gasteiger partial charge in [-0.15, -0.1) is 11.3 Å². The van der Waals surface area contributed by atoms with Gasteiger partial charge in [0.15, 0.2) is 0 Å². The lowest BCUT2D eigenvalue weighted by Gasteiger charge is -2.12. The number of nitrogens with one attached hydrogen (secondary N) is 1. The molecule has 0 saturated carbocycles. The average molecular weight is 324 g/mol. The number of thiophene rings is 1. The second-order valence-corrected chi connectivity index (χ2v) is 6.01. The first-order valence-electron chi connectivity index (χ1n) is 6.98. The van der Waals surface area contributed by atoms with E-state index in [0.717, 1.165) is 19.3 Å². The maximum atomic E-state index is 12.1. The van der Waals surface area contributed by atoms with Crippen LogP contribution in [-0.4, -0.2) is 12.5 Å². The number of hydrogen-bond donors (Lipinski definition) is 1. The van der Waals surface area contributed by atoms with Crippen LogP contribution in [0.15, 0.2) is 35.7 Å². The van der Waals surface area contributed by atoms with E-state index in [1.165, 1.54) is 11.3 Å². The van der Waals surface area contributed by atoms with Crippen LogP contribution in [0.5, 0.6) is 5.75 Å². The van der Waals surface area contributed by atoms with E-state index < -0.39 is 0 Å². The Hall–Kier alpha value is -1.52. The monoisotopic (exact) mass is 323 g/mol. The van der Waals surface area contributed by atoms with Gasteiger partial charge in [0, 0.05) is 5.02 Å². The fraction of sp³-hybridized carbons (Fsp3) is 0.312. The highest BCUT2D eigenvalue weighted by atomic mass is 35.5. The Morgan fingerprint density at radius 2 is 2.19 bits per heavy atom. The van der Waals surface area contributed by atoms with Gasteiger partial charge in [-0.3, -0.25) is 4.79 Å². The highest BCUT2D eigenvalue weighted by Gasteiger charge is 2.11. The average Bonchev–Trinajstić information content (AvgIpc) is 3.00. The summed E-state index contributed by atoms with van der Waals surface area (Å²) in [6.45, 7) is 2.78. The van der Waals surface area contributed by atoms with Gasteiger partial charge in [-0.1, -0.05) is 37.4 Å². The first kappa shape index (κ1) is 15.9. The molecule has 0 aliphatic rings. The smallest absolute Gasteiger partial charge is 0.265 e. The van der Waals surface area contributed by atoms with Gasteiger partial charge in [0.25, 0.3) is 5.91 Å². The summed E-state index contributed by atoms with van der Waals surface area (Å²) in [6, 6.07) is 8.89. The molecule has 0 aliphatic heterocycles. The number of rotatable bonds is 7. The molecule has 1 aromatic heterocycles. The van der Waals surface area contributed by atoms with Crippen LogP contribution in [0.4, 0.5) is 5.69 Å². The second kappa shape index (κ2) is 8.05. The lowest BCUT2D eigenvalue weighted by Crippen LogP contribution is -2.11. The zero-order valence-corrected chi connectivity index (χ0v) is 13.5. The van der Waals surface area contributed by atoms with E-state index in [2.05, 4.69) is 12.2 Å². The standard InChI is InChI=1S/C16H18ClNO2S/c1-2-3-4-9-20-14-8-7-12(17)11-13(14)18-16(19)15-6-5-10-21-15/h5-8,10-11H,2-4,9H2,1H3,(H,18,19). The molecule has 0 unspecified atom stereocenters. The van der Waals surface area contributed by atoms with Crippen molar-refractivity contribution in [2.45, 2.75) is 26.2 Å².